The highest BCUT2D eigenvalue weighted by molar-refractivity contribution is 7.96. The smallest absolute Gasteiger partial charge is 0.241 e. The fourth-order valence-corrected chi connectivity index (χ4v) is 3.96. The summed E-state index contributed by atoms with van der Waals surface area (Å²) in [6.45, 7) is 5.02. The van der Waals surface area contributed by atoms with Crippen LogP contribution in [0.3, 0.4) is 0 Å². The number of halogens is 1. The SMILES string of the molecule is CSNCCN(CCc1ccc(Cl)cc1)C1CCN(c2nc(N)n[nH]2)CC1. The predicted molar refractivity (Wildman–Crippen MR) is 114 cm³/mol. The highest BCUT2D eigenvalue weighted by atomic mass is 35.5. The summed E-state index contributed by atoms with van der Waals surface area (Å²) in [7, 11) is 0. The van der Waals surface area contributed by atoms with Crippen molar-refractivity contribution in [3.8, 4) is 0 Å². The van der Waals surface area contributed by atoms with Crippen molar-refractivity contribution in [2.24, 2.45) is 0 Å². The Hall–Kier alpha value is -1.48. The molecule has 1 aliphatic rings. The minimum Gasteiger partial charge on any atom is -0.366 e. The zero-order valence-corrected chi connectivity index (χ0v) is 17.3. The zero-order chi connectivity index (χ0) is 19.1. The summed E-state index contributed by atoms with van der Waals surface area (Å²) in [5, 5.41) is 7.64. The van der Waals surface area contributed by atoms with Gasteiger partial charge in [0, 0.05) is 43.8 Å². The third kappa shape index (κ3) is 6.00. The average Bonchev–Trinajstić information content (AvgIpc) is 3.12. The fourth-order valence-electron chi connectivity index (χ4n) is 3.54. The average molecular weight is 410 g/mol. The van der Waals surface area contributed by atoms with Crippen LogP contribution in [0.15, 0.2) is 24.3 Å². The van der Waals surface area contributed by atoms with Crippen molar-refractivity contribution in [2.75, 3.05) is 49.6 Å². The number of aromatic nitrogens is 3. The summed E-state index contributed by atoms with van der Waals surface area (Å²) in [5.74, 6) is 1.09. The van der Waals surface area contributed by atoms with Crippen LogP contribution >= 0.6 is 23.5 Å². The molecule has 27 heavy (non-hydrogen) atoms. The molecule has 1 aromatic heterocycles. The van der Waals surface area contributed by atoms with Crippen LogP contribution in [0.5, 0.6) is 0 Å². The lowest BCUT2D eigenvalue weighted by Gasteiger charge is -2.38. The Bertz CT molecular complexity index is 685. The monoisotopic (exact) mass is 409 g/mol. The van der Waals surface area contributed by atoms with Gasteiger partial charge >= 0.3 is 0 Å². The second kappa shape index (κ2) is 10.2. The molecule has 0 aliphatic carbocycles. The third-order valence-electron chi connectivity index (χ3n) is 5.02. The molecule has 0 bridgehead atoms. The molecule has 0 spiro atoms. The molecule has 1 saturated heterocycles. The Morgan fingerprint density at radius 2 is 2.04 bits per heavy atom. The van der Waals surface area contributed by atoms with E-state index in [4.69, 9.17) is 17.3 Å². The predicted octanol–water partition coefficient (Wildman–Crippen LogP) is 2.42. The van der Waals surface area contributed by atoms with Crippen LogP contribution in [0, 0.1) is 0 Å². The molecular weight excluding hydrogens is 382 g/mol. The molecule has 2 heterocycles. The molecule has 1 fully saturated rings. The maximum absolute atomic E-state index is 6.00. The van der Waals surface area contributed by atoms with Crippen molar-refractivity contribution in [3.05, 3.63) is 34.9 Å². The van der Waals surface area contributed by atoms with E-state index in [9.17, 15) is 0 Å². The van der Waals surface area contributed by atoms with Gasteiger partial charge in [-0.05, 0) is 43.2 Å². The van der Waals surface area contributed by atoms with Crippen molar-refractivity contribution in [2.45, 2.75) is 25.3 Å². The molecule has 0 saturated carbocycles. The molecule has 2 aromatic rings. The molecule has 0 atom stereocenters. The summed E-state index contributed by atoms with van der Waals surface area (Å²) in [6.07, 6.45) is 5.33. The minimum absolute atomic E-state index is 0.305. The first-order valence-electron chi connectivity index (χ1n) is 9.33. The van der Waals surface area contributed by atoms with E-state index in [1.165, 1.54) is 5.56 Å². The molecule has 0 unspecified atom stereocenters. The number of nitrogens with one attached hydrogen (secondary N) is 2. The number of nitrogens with zero attached hydrogens (tertiary/aromatic N) is 4. The van der Waals surface area contributed by atoms with Gasteiger partial charge in [-0.1, -0.05) is 35.7 Å². The minimum atomic E-state index is 0.305. The van der Waals surface area contributed by atoms with Gasteiger partial charge in [-0.2, -0.15) is 4.98 Å². The quantitative estimate of drug-likeness (QED) is 0.433. The van der Waals surface area contributed by atoms with Gasteiger partial charge in [0.05, 0.1) is 0 Å². The highest BCUT2D eigenvalue weighted by Gasteiger charge is 2.25. The molecule has 3 rings (SSSR count). The van der Waals surface area contributed by atoms with E-state index in [2.05, 4.69) is 48.1 Å². The Morgan fingerprint density at radius 1 is 1.30 bits per heavy atom. The molecule has 1 aliphatic heterocycles. The van der Waals surface area contributed by atoms with Gasteiger partial charge in [0.1, 0.15) is 0 Å². The molecule has 0 amide bonds. The maximum atomic E-state index is 6.00. The molecule has 4 N–H and O–H groups in total. The van der Waals surface area contributed by atoms with E-state index in [0.717, 1.165) is 63.0 Å². The van der Waals surface area contributed by atoms with Gasteiger partial charge in [-0.25, -0.2) is 5.10 Å². The van der Waals surface area contributed by atoms with E-state index in [1.807, 2.05) is 12.1 Å². The Balaban J connectivity index is 1.54. The number of benzene rings is 1. The van der Waals surface area contributed by atoms with Crippen LogP contribution in [-0.2, 0) is 6.42 Å². The Kier molecular flexibility index (Phi) is 7.63. The van der Waals surface area contributed by atoms with E-state index < -0.39 is 0 Å². The summed E-state index contributed by atoms with van der Waals surface area (Å²) >= 11 is 7.68. The van der Waals surface area contributed by atoms with Crippen molar-refractivity contribution in [1.29, 1.82) is 0 Å². The maximum Gasteiger partial charge on any atom is 0.241 e. The summed E-state index contributed by atoms with van der Waals surface area (Å²) in [6, 6.07) is 8.77. The second-order valence-electron chi connectivity index (χ2n) is 6.75. The van der Waals surface area contributed by atoms with Gasteiger partial charge in [-0.3, -0.25) is 9.62 Å². The largest absolute Gasteiger partial charge is 0.366 e. The lowest BCUT2D eigenvalue weighted by molar-refractivity contribution is 0.173. The number of hydrogen-bond donors (Lipinski definition) is 3. The first kappa shape index (κ1) is 20.3. The van der Waals surface area contributed by atoms with Gasteiger partial charge in [0.15, 0.2) is 0 Å². The van der Waals surface area contributed by atoms with Gasteiger partial charge in [0.25, 0.3) is 0 Å². The van der Waals surface area contributed by atoms with Gasteiger partial charge in [0.2, 0.25) is 11.9 Å². The molecular formula is C18H28ClN7S. The summed E-state index contributed by atoms with van der Waals surface area (Å²) in [5.41, 5.74) is 6.96. The highest BCUT2D eigenvalue weighted by Crippen LogP contribution is 2.21. The lowest BCUT2D eigenvalue weighted by Crippen LogP contribution is -2.47. The van der Waals surface area contributed by atoms with Crippen LogP contribution in [-0.4, -0.2) is 65.1 Å². The van der Waals surface area contributed by atoms with Crippen molar-refractivity contribution in [3.63, 3.8) is 0 Å². The van der Waals surface area contributed by atoms with Gasteiger partial charge in [-0.15, -0.1) is 5.10 Å². The standard InChI is InChI=1S/C18H28ClN7S/c1-27-21-9-13-25(10-6-14-2-4-15(19)5-3-14)16-7-11-26(12-8-16)18-22-17(20)23-24-18/h2-5,16,21H,6-13H2,1H3,(H3,20,22,23,24). The van der Waals surface area contributed by atoms with Crippen LogP contribution in [0.25, 0.3) is 0 Å². The molecule has 7 nitrogen and oxygen atoms in total. The van der Waals surface area contributed by atoms with Crippen LogP contribution in [0.4, 0.5) is 11.9 Å². The first-order chi connectivity index (χ1) is 13.2. The Labute approximate surface area is 170 Å². The Morgan fingerprint density at radius 3 is 2.67 bits per heavy atom. The van der Waals surface area contributed by atoms with Crippen LogP contribution in [0.1, 0.15) is 18.4 Å². The number of anilines is 2. The number of aromatic amines is 1. The number of nitrogen functional groups attached to an aromatic ring is 1. The molecule has 9 heteroatoms. The second-order valence-corrected chi connectivity index (χ2v) is 7.88. The van der Waals surface area contributed by atoms with E-state index in [0.29, 0.717) is 12.0 Å². The van der Waals surface area contributed by atoms with Crippen molar-refractivity contribution < 1.29 is 0 Å². The van der Waals surface area contributed by atoms with Crippen molar-refractivity contribution in [1.82, 2.24) is 24.8 Å². The van der Waals surface area contributed by atoms with Crippen molar-refractivity contribution >= 4 is 35.4 Å². The number of rotatable bonds is 9. The van der Waals surface area contributed by atoms with Crippen LogP contribution in [0.2, 0.25) is 5.02 Å². The van der Waals surface area contributed by atoms with E-state index in [1.54, 1.807) is 11.9 Å². The number of nitrogens with two attached hydrogens (primary N) is 1. The fraction of sp³-hybridized carbons (Fsp3) is 0.556. The number of H-pyrrole nitrogens is 1. The molecule has 148 valence electrons. The lowest BCUT2D eigenvalue weighted by atomic mass is 10.0. The number of hydrogen-bond acceptors (Lipinski definition) is 7. The van der Waals surface area contributed by atoms with E-state index >= 15 is 0 Å². The summed E-state index contributed by atoms with van der Waals surface area (Å²) in [4.78, 5) is 9.10. The van der Waals surface area contributed by atoms with Crippen LogP contribution < -0.4 is 15.4 Å². The molecule has 1 aromatic carbocycles. The number of piperidine rings is 1. The normalized spacial score (nSPS) is 15.6. The van der Waals surface area contributed by atoms with Gasteiger partial charge < -0.3 is 10.6 Å². The molecule has 0 radical (unpaired) electrons. The first-order valence-corrected chi connectivity index (χ1v) is 10.9. The summed E-state index contributed by atoms with van der Waals surface area (Å²) < 4.78 is 3.37. The van der Waals surface area contributed by atoms with E-state index in [-0.39, 0.29) is 0 Å². The zero-order valence-electron chi connectivity index (χ0n) is 15.7. The third-order valence-corrected chi connectivity index (χ3v) is 5.76. The topological polar surface area (TPSA) is 86.1 Å².